The number of benzene rings is 1. The van der Waals surface area contributed by atoms with Crippen LogP contribution in [0.1, 0.15) is 11.6 Å². The Kier molecular flexibility index (Phi) is 4.56. The summed E-state index contributed by atoms with van der Waals surface area (Å²) in [4.78, 5) is 4.38. The number of hydrogen-bond acceptors (Lipinski definition) is 7. The van der Waals surface area contributed by atoms with E-state index >= 15 is 0 Å². The molecule has 1 aromatic carbocycles. The number of aryl methyl sites for hydroxylation is 1. The van der Waals surface area contributed by atoms with Crippen molar-refractivity contribution in [3.05, 3.63) is 59.3 Å². The van der Waals surface area contributed by atoms with Gasteiger partial charge in [-0.25, -0.2) is 4.98 Å². The summed E-state index contributed by atoms with van der Waals surface area (Å²) in [5, 5.41) is 10.1. The Morgan fingerprint density at radius 2 is 2.16 bits per heavy atom. The monoisotopic (exact) mass is 389 g/mol. The van der Waals surface area contributed by atoms with Crippen LogP contribution in [-0.4, -0.2) is 24.1 Å². The van der Waals surface area contributed by atoms with Crippen LogP contribution in [0.4, 0.5) is 0 Å². The van der Waals surface area contributed by atoms with E-state index in [1.807, 2.05) is 47.9 Å². The van der Waals surface area contributed by atoms with Gasteiger partial charge >= 0.3 is 0 Å². The fraction of sp³-hybridized carbons (Fsp3) is 0.125. The highest BCUT2D eigenvalue weighted by molar-refractivity contribution is 8.00. The van der Waals surface area contributed by atoms with Crippen molar-refractivity contribution in [2.75, 3.05) is 0 Å². The van der Waals surface area contributed by atoms with Gasteiger partial charge in [0.15, 0.2) is 15.3 Å². The summed E-state index contributed by atoms with van der Waals surface area (Å²) < 4.78 is 12.5. The molecule has 3 heterocycles. The zero-order chi connectivity index (χ0) is 17.2. The average Bonchev–Trinajstić information content (AvgIpc) is 3.32. The van der Waals surface area contributed by atoms with Gasteiger partial charge in [0.1, 0.15) is 11.6 Å². The molecular formula is C16H12ClN5OS2. The summed E-state index contributed by atoms with van der Waals surface area (Å²) in [5.74, 6) is 2.29. The molecule has 4 aromatic rings. The highest BCUT2D eigenvalue weighted by atomic mass is 35.5. The van der Waals surface area contributed by atoms with E-state index in [0.29, 0.717) is 11.6 Å². The molecule has 6 nitrogen and oxygen atoms in total. The second kappa shape index (κ2) is 6.99. The number of nitrogens with zero attached hydrogens (tertiary/aromatic N) is 5. The van der Waals surface area contributed by atoms with Gasteiger partial charge in [0.05, 0.1) is 12.8 Å². The molecule has 0 amide bonds. The van der Waals surface area contributed by atoms with E-state index in [2.05, 4.69) is 19.6 Å². The SMILES string of the molecule is Cc1nsc(Sc2nnc(-c3cccc(Cl)c3)n2Cc2ccco2)n1. The van der Waals surface area contributed by atoms with Crippen molar-refractivity contribution < 1.29 is 4.42 Å². The van der Waals surface area contributed by atoms with Gasteiger partial charge < -0.3 is 4.42 Å². The normalized spacial score (nSPS) is 11.1. The van der Waals surface area contributed by atoms with E-state index < -0.39 is 0 Å². The van der Waals surface area contributed by atoms with E-state index in [4.69, 9.17) is 16.0 Å². The highest BCUT2D eigenvalue weighted by Crippen LogP contribution is 2.31. The molecule has 0 aliphatic rings. The van der Waals surface area contributed by atoms with Crippen molar-refractivity contribution >= 4 is 34.9 Å². The lowest BCUT2D eigenvalue weighted by molar-refractivity contribution is 0.485. The topological polar surface area (TPSA) is 69.6 Å². The van der Waals surface area contributed by atoms with Crippen molar-refractivity contribution in [1.82, 2.24) is 24.1 Å². The van der Waals surface area contributed by atoms with Crippen LogP contribution in [0.2, 0.25) is 5.02 Å². The molecule has 9 heteroatoms. The third-order valence-electron chi connectivity index (χ3n) is 3.38. The lowest BCUT2D eigenvalue weighted by Crippen LogP contribution is -2.03. The molecule has 126 valence electrons. The standard InChI is InChI=1S/C16H12ClN5OS2/c1-10-18-16(25-21-10)24-15-20-19-14(11-4-2-5-12(17)8-11)22(15)9-13-6-3-7-23-13/h2-8H,9H2,1H3. The van der Waals surface area contributed by atoms with E-state index in [-0.39, 0.29) is 0 Å². The highest BCUT2D eigenvalue weighted by Gasteiger charge is 2.18. The predicted molar refractivity (Wildman–Crippen MR) is 97.0 cm³/mol. The molecule has 0 spiro atoms. The van der Waals surface area contributed by atoms with Crippen molar-refractivity contribution in [1.29, 1.82) is 0 Å². The molecule has 3 aromatic heterocycles. The maximum absolute atomic E-state index is 6.13. The molecular weight excluding hydrogens is 378 g/mol. The number of hydrogen-bond donors (Lipinski definition) is 0. The summed E-state index contributed by atoms with van der Waals surface area (Å²) in [6.07, 6.45) is 1.65. The molecule has 0 atom stereocenters. The molecule has 0 N–H and O–H groups in total. The van der Waals surface area contributed by atoms with Crippen LogP contribution < -0.4 is 0 Å². The molecule has 0 saturated carbocycles. The van der Waals surface area contributed by atoms with Crippen LogP contribution >= 0.6 is 34.9 Å². The maximum atomic E-state index is 6.13. The average molecular weight is 390 g/mol. The van der Waals surface area contributed by atoms with Crippen molar-refractivity contribution in [3.8, 4) is 11.4 Å². The molecule has 25 heavy (non-hydrogen) atoms. The lowest BCUT2D eigenvalue weighted by Gasteiger charge is -2.08. The number of rotatable bonds is 5. The summed E-state index contributed by atoms with van der Waals surface area (Å²) in [6, 6.07) is 11.3. The minimum absolute atomic E-state index is 0.516. The first kappa shape index (κ1) is 16.3. The molecule has 0 bridgehead atoms. The molecule has 0 unspecified atom stereocenters. The lowest BCUT2D eigenvalue weighted by atomic mass is 10.2. The Balaban J connectivity index is 1.75. The molecule has 0 saturated heterocycles. The van der Waals surface area contributed by atoms with E-state index in [1.165, 1.54) is 23.3 Å². The smallest absolute Gasteiger partial charge is 0.199 e. The minimum atomic E-state index is 0.516. The van der Waals surface area contributed by atoms with E-state index in [0.717, 1.165) is 32.5 Å². The number of halogens is 1. The van der Waals surface area contributed by atoms with E-state index in [9.17, 15) is 0 Å². The zero-order valence-electron chi connectivity index (χ0n) is 13.1. The largest absolute Gasteiger partial charge is 0.467 e. The first-order valence-electron chi connectivity index (χ1n) is 7.39. The van der Waals surface area contributed by atoms with Gasteiger partial charge in [0.25, 0.3) is 0 Å². The Bertz CT molecular complexity index is 996. The summed E-state index contributed by atoms with van der Waals surface area (Å²) in [7, 11) is 0. The first-order chi connectivity index (χ1) is 12.2. The van der Waals surface area contributed by atoms with Gasteiger partial charge in [-0.15, -0.1) is 10.2 Å². The third-order valence-corrected chi connectivity index (χ3v) is 5.44. The summed E-state index contributed by atoms with van der Waals surface area (Å²) >= 11 is 8.91. The van der Waals surface area contributed by atoms with Crippen molar-refractivity contribution in [2.45, 2.75) is 23.0 Å². The van der Waals surface area contributed by atoms with E-state index in [1.54, 1.807) is 6.26 Å². The minimum Gasteiger partial charge on any atom is -0.467 e. The molecule has 4 rings (SSSR count). The Hall–Kier alpha value is -2.16. The molecule has 0 fully saturated rings. The molecule has 0 aliphatic heterocycles. The zero-order valence-corrected chi connectivity index (χ0v) is 15.5. The van der Waals surface area contributed by atoms with Gasteiger partial charge in [-0.1, -0.05) is 23.7 Å². The Labute approximate surface area is 157 Å². The second-order valence-corrected chi connectivity index (χ2v) is 7.59. The third kappa shape index (κ3) is 3.60. The Morgan fingerprint density at radius 1 is 1.24 bits per heavy atom. The van der Waals surface area contributed by atoms with Crippen molar-refractivity contribution in [3.63, 3.8) is 0 Å². The summed E-state index contributed by atoms with van der Waals surface area (Å²) in [5.41, 5.74) is 0.895. The predicted octanol–water partition coefficient (Wildman–Crippen LogP) is 4.55. The van der Waals surface area contributed by atoms with Crippen LogP contribution in [0.25, 0.3) is 11.4 Å². The van der Waals surface area contributed by atoms with Gasteiger partial charge in [-0.3, -0.25) is 4.57 Å². The molecule has 0 radical (unpaired) electrons. The Morgan fingerprint density at radius 3 is 2.88 bits per heavy atom. The van der Waals surface area contributed by atoms with Crippen LogP contribution in [-0.2, 0) is 6.54 Å². The van der Waals surface area contributed by atoms with Gasteiger partial charge in [0.2, 0.25) is 0 Å². The fourth-order valence-corrected chi connectivity index (χ4v) is 4.08. The van der Waals surface area contributed by atoms with Gasteiger partial charge in [-0.2, -0.15) is 4.37 Å². The van der Waals surface area contributed by atoms with Crippen LogP contribution in [0.5, 0.6) is 0 Å². The van der Waals surface area contributed by atoms with Crippen LogP contribution in [0, 0.1) is 6.92 Å². The summed E-state index contributed by atoms with van der Waals surface area (Å²) in [6.45, 7) is 2.38. The van der Waals surface area contributed by atoms with Crippen LogP contribution in [0.15, 0.2) is 56.6 Å². The first-order valence-corrected chi connectivity index (χ1v) is 9.35. The second-order valence-electron chi connectivity index (χ2n) is 5.19. The van der Waals surface area contributed by atoms with Gasteiger partial charge in [-0.05, 0) is 54.5 Å². The maximum Gasteiger partial charge on any atom is 0.199 e. The number of aromatic nitrogens is 5. The van der Waals surface area contributed by atoms with Gasteiger partial charge in [0, 0.05) is 10.6 Å². The molecule has 0 aliphatic carbocycles. The van der Waals surface area contributed by atoms with Crippen molar-refractivity contribution in [2.24, 2.45) is 0 Å². The van der Waals surface area contributed by atoms with Crippen LogP contribution in [0.3, 0.4) is 0 Å². The fourth-order valence-electron chi connectivity index (χ4n) is 2.30. The quantitative estimate of drug-likeness (QED) is 0.498. The number of furan rings is 1.